The van der Waals surface area contributed by atoms with Crippen molar-refractivity contribution in [3.05, 3.63) is 70.5 Å². The van der Waals surface area contributed by atoms with E-state index in [0.29, 0.717) is 28.6 Å². The lowest BCUT2D eigenvalue weighted by molar-refractivity contribution is -0.137. The third-order valence-electron chi connectivity index (χ3n) is 8.56. The second kappa shape index (κ2) is 11.2. The fourth-order valence-electron chi connectivity index (χ4n) is 5.48. The van der Waals surface area contributed by atoms with E-state index in [9.17, 15) is 23.1 Å². The van der Waals surface area contributed by atoms with Gasteiger partial charge in [0.1, 0.15) is 11.3 Å². The standard InChI is InChI=1S/C34H40F3N5O2/c1-19(21-9-8-10-21)38-27-26-28(40-29(39-27)31(43)44)41-30(42(26)18-20-11-13-23(14-12-20)34(35,36)37)22-15-24(32(2,3)4)17-25(16-22)33(5,6)7/h11-17,19,21H,8-10,18H2,1-7H3,(H,43,44)(H,38,39,40)/t19-/m1/s1. The fraction of sp³-hybridized carbons (Fsp3) is 0.471. The molecule has 0 spiro atoms. The van der Waals surface area contributed by atoms with Gasteiger partial charge in [0.25, 0.3) is 0 Å². The van der Waals surface area contributed by atoms with E-state index in [0.717, 1.165) is 48.1 Å². The van der Waals surface area contributed by atoms with Gasteiger partial charge in [-0.25, -0.2) is 19.7 Å². The van der Waals surface area contributed by atoms with Crippen LogP contribution in [-0.4, -0.2) is 36.6 Å². The van der Waals surface area contributed by atoms with Crippen LogP contribution in [-0.2, 0) is 23.6 Å². The molecule has 7 nitrogen and oxygen atoms in total. The average molecular weight is 608 g/mol. The molecule has 2 N–H and O–H groups in total. The molecular weight excluding hydrogens is 567 g/mol. The molecule has 1 atom stereocenters. The van der Waals surface area contributed by atoms with Crippen LogP contribution in [0.3, 0.4) is 0 Å². The van der Waals surface area contributed by atoms with Crippen molar-refractivity contribution in [1.29, 1.82) is 0 Å². The average Bonchev–Trinajstić information content (AvgIpc) is 3.24. The number of halogens is 3. The summed E-state index contributed by atoms with van der Waals surface area (Å²) >= 11 is 0. The first-order valence-corrected chi connectivity index (χ1v) is 15.0. The molecule has 0 amide bonds. The van der Waals surface area contributed by atoms with Crippen LogP contribution in [0.15, 0.2) is 42.5 Å². The molecular formula is C34H40F3N5O2. The Kier molecular flexibility index (Phi) is 8.01. The Balaban J connectivity index is 1.77. The first-order valence-electron chi connectivity index (χ1n) is 15.0. The van der Waals surface area contributed by atoms with E-state index in [1.165, 1.54) is 12.1 Å². The summed E-state index contributed by atoms with van der Waals surface area (Å²) in [5, 5.41) is 13.3. The van der Waals surface area contributed by atoms with Gasteiger partial charge >= 0.3 is 12.1 Å². The number of imidazole rings is 1. The molecule has 44 heavy (non-hydrogen) atoms. The first-order chi connectivity index (χ1) is 20.4. The number of carboxylic acids is 1. The zero-order chi connectivity index (χ0) is 32.2. The van der Waals surface area contributed by atoms with Crippen molar-refractivity contribution in [3.8, 4) is 11.4 Å². The Bertz CT molecular complexity index is 1660. The van der Waals surface area contributed by atoms with E-state index >= 15 is 0 Å². The molecule has 0 unspecified atom stereocenters. The summed E-state index contributed by atoms with van der Waals surface area (Å²) in [7, 11) is 0. The summed E-state index contributed by atoms with van der Waals surface area (Å²) in [6.45, 7) is 15.1. The number of hydrogen-bond acceptors (Lipinski definition) is 5. The van der Waals surface area contributed by atoms with Crippen LogP contribution in [0.4, 0.5) is 19.0 Å². The Morgan fingerprint density at radius 1 is 0.932 bits per heavy atom. The number of carbonyl (C=O) groups is 1. The number of alkyl halides is 3. The summed E-state index contributed by atoms with van der Waals surface area (Å²) in [6, 6.07) is 11.4. The van der Waals surface area contributed by atoms with Gasteiger partial charge in [-0.2, -0.15) is 13.2 Å². The van der Waals surface area contributed by atoms with Gasteiger partial charge in [-0.3, -0.25) is 0 Å². The minimum atomic E-state index is -4.45. The number of carboxylic acid groups (broad SMARTS) is 1. The number of nitrogens with one attached hydrogen (secondary N) is 1. The van der Waals surface area contributed by atoms with Crippen LogP contribution in [0.2, 0.25) is 0 Å². The van der Waals surface area contributed by atoms with Crippen LogP contribution in [0.1, 0.15) is 101 Å². The molecule has 2 heterocycles. The van der Waals surface area contributed by atoms with Crippen molar-refractivity contribution in [1.82, 2.24) is 19.5 Å². The summed E-state index contributed by atoms with van der Waals surface area (Å²) in [6.07, 6.45) is -1.16. The predicted molar refractivity (Wildman–Crippen MR) is 166 cm³/mol. The molecule has 10 heteroatoms. The summed E-state index contributed by atoms with van der Waals surface area (Å²) < 4.78 is 41.9. The van der Waals surface area contributed by atoms with Gasteiger partial charge in [0.2, 0.25) is 5.82 Å². The number of anilines is 1. The monoisotopic (exact) mass is 607 g/mol. The molecule has 0 saturated heterocycles. The summed E-state index contributed by atoms with van der Waals surface area (Å²) in [5.74, 6) is -0.328. The second-order valence-electron chi connectivity index (χ2n) is 14.0. The molecule has 0 bridgehead atoms. The molecule has 4 aromatic rings. The maximum Gasteiger partial charge on any atom is 0.416 e. The van der Waals surface area contributed by atoms with E-state index in [1.54, 1.807) is 0 Å². The molecule has 0 aliphatic heterocycles. The molecule has 1 fully saturated rings. The molecule has 5 rings (SSSR count). The van der Waals surface area contributed by atoms with Gasteiger partial charge in [-0.15, -0.1) is 0 Å². The third-order valence-corrected chi connectivity index (χ3v) is 8.56. The van der Waals surface area contributed by atoms with Crippen molar-refractivity contribution in [2.45, 2.75) is 97.3 Å². The minimum Gasteiger partial charge on any atom is -0.475 e. The number of nitrogens with zero attached hydrogens (tertiary/aromatic N) is 4. The minimum absolute atomic E-state index is 0.0260. The smallest absolute Gasteiger partial charge is 0.416 e. The van der Waals surface area contributed by atoms with Crippen LogP contribution in [0.25, 0.3) is 22.6 Å². The van der Waals surface area contributed by atoms with E-state index in [4.69, 9.17) is 4.98 Å². The van der Waals surface area contributed by atoms with Crippen LogP contribution in [0.5, 0.6) is 0 Å². The number of rotatable bonds is 7. The van der Waals surface area contributed by atoms with Gasteiger partial charge in [0, 0.05) is 18.2 Å². The highest BCUT2D eigenvalue weighted by molar-refractivity contribution is 5.92. The van der Waals surface area contributed by atoms with Gasteiger partial charge in [-0.05, 0) is 77.5 Å². The van der Waals surface area contributed by atoms with Crippen LogP contribution >= 0.6 is 0 Å². The molecule has 234 valence electrons. The van der Waals surface area contributed by atoms with Gasteiger partial charge < -0.3 is 15.0 Å². The van der Waals surface area contributed by atoms with Crippen molar-refractivity contribution < 1.29 is 23.1 Å². The van der Waals surface area contributed by atoms with E-state index in [2.05, 4.69) is 82.0 Å². The maximum absolute atomic E-state index is 13.3. The van der Waals surface area contributed by atoms with Gasteiger partial charge in [0.05, 0.1) is 5.56 Å². The Hall–Kier alpha value is -3.95. The molecule has 2 aromatic carbocycles. The number of aromatic carboxylic acids is 1. The highest BCUT2D eigenvalue weighted by Gasteiger charge is 2.31. The maximum atomic E-state index is 13.3. The van der Waals surface area contributed by atoms with E-state index in [1.807, 2.05) is 4.57 Å². The van der Waals surface area contributed by atoms with Crippen molar-refractivity contribution >= 4 is 23.0 Å². The first kappa shape index (κ1) is 31.5. The lowest BCUT2D eigenvalue weighted by Crippen LogP contribution is -2.31. The van der Waals surface area contributed by atoms with Crippen molar-refractivity contribution in [2.75, 3.05) is 5.32 Å². The molecule has 1 aliphatic carbocycles. The third kappa shape index (κ3) is 6.44. The molecule has 2 aromatic heterocycles. The zero-order valence-corrected chi connectivity index (χ0v) is 26.3. The Morgan fingerprint density at radius 2 is 1.52 bits per heavy atom. The lowest BCUT2D eigenvalue weighted by atomic mass is 9.79. The fourth-order valence-corrected chi connectivity index (χ4v) is 5.48. The van der Waals surface area contributed by atoms with E-state index < -0.39 is 17.7 Å². The Morgan fingerprint density at radius 3 is 2.00 bits per heavy atom. The quantitative estimate of drug-likeness (QED) is 0.219. The molecule has 1 aliphatic rings. The number of hydrogen-bond donors (Lipinski definition) is 2. The predicted octanol–water partition coefficient (Wildman–Crippen LogP) is 8.45. The number of fused-ring (bicyclic) bond motifs is 1. The SMILES string of the molecule is C[C@@H](Nc1nc(C(=O)O)nc2nc(-c3cc(C(C)(C)C)cc(C(C)(C)C)c3)n(Cc3ccc(C(F)(F)F)cc3)c12)C1CCC1. The highest BCUT2D eigenvalue weighted by atomic mass is 19.4. The number of benzene rings is 2. The Labute approximate surface area is 256 Å². The largest absolute Gasteiger partial charge is 0.475 e. The summed E-state index contributed by atoms with van der Waals surface area (Å²) in [5.41, 5.74) is 3.27. The molecule has 0 radical (unpaired) electrons. The normalized spacial score (nSPS) is 15.3. The van der Waals surface area contributed by atoms with Crippen molar-refractivity contribution in [2.24, 2.45) is 5.92 Å². The van der Waals surface area contributed by atoms with Gasteiger partial charge in [-0.1, -0.05) is 66.2 Å². The lowest BCUT2D eigenvalue weighted by Gasteiger charge is -2.32. The summed E-state index contributed by atoms with van der Waals surface area (Å²) in [4.78, 5) is 25.7. The topological polar surface area (TPSA) is 92.9 Å². The van der Waals surface area contributed by atoms with E-state index in [-0.39, 0.29) is 34.9 Å². The van der Waals surface area contributed by atoms with Gasteiger partial charge in [0.15, 0.2) is 11.5 Å². The van der Waals surface area contributed by atoms with Crippen molar-refractivity contribution in [3.63, 3.8) is 0 Å². The van der Waals surface area contributed by atoms with Crippen LogP contribution < -0.4 is 5.32 Å². The highest BCUT2D eigenvalue weighted by Crippen LogP contribution is 2.37. The van der Waals surface area contributed by atoms with Crippen LogP contribution in [0, 0.1) is 5.92 Å². The molecule has 1 saturated carbocycles. The zero-order valence-electron chi connectivity index (χ0n) is 26.3. The number of aromatic nitrogens is 4. The second-order valence-corrected chi connectivity index (χ2v) is 14.0.